The molecule has 8 aromatic carbocycles. The third-order valence-corrected chi connectivity index (χ3v) is 18.7. The lowest BCUT2D eigenvalue weighted by Gasteiger charge is -2.16. The van der Waals surface area contributed by atoms with Crippen molar-refractivity contribution >= 4 is 164 Å². The van der Waals surface area contributed by atoms with Crippen LogP contribution in [0.3, 0.4) is 0 Å². The molecule has 0 aromatic heterocycles. The summed E-state index contributed by atoms with van der Waals surface area (Å²) < 4.78 is 279. The quantitative estimate of drug-likeness (QED) is 0.0504. The summed E-state index contributed by atoms with van der Waals surface area (Å²) in [5, 5.41) is 75.5. The number of azo groups is 2. The number of fused-ring (bicyclic) bond motifs is 4. The van der Waals surface area contributed by atoms with Crippen molar-refractivity contribution in [3.8, 4) is 34.5 Å². The first-order valence-electron chi connectivity index (χ1n) is 21.5. The van der Waals surface area contributed by atoms with Crippen LogP contribution in [0.1, 0.15) is 0 Å². The number of carbonyl (C=O) groups is 1. The summed E-state index contributed by atoms with van der Waals surface area (Å²) in [6, 6.07) is 2.57. The first-order valence-corrected chi connectivity index (χ1v) is 33.0. The molecule has 456 valence electrons. The predicted octanol–water partition coefficient (Wildman–Crippen LogP) is 4.98. The monoisotopic (exact) mass is 1360 g/mol. The number of nitrogens with one attached hydrogen (secondary N) is 2. The summed E-state index contributed by atoms with van der Waals surface area (Å²) in [4.78, 5) is 2.32. The first-order chi connectivity index (χ1) is 39.1. The molecule has 8 rings (SSSR count). The van der Waals surface area contributed by atoms with Crippen LogP contribution in [-0.4, -0.2) is 140 Å². The topological polar surface area (TPSA) is 647 Å². The van der Waals surface area contributed by atoms with Crippen LogP contribution in [0.4, 0.5) is 38.9 Å². The molecule has 0 unspecified atom stereocenters. The highest BCUT2D eigenvalue weighted by Crippen LogP contribution is 2.51. The summed E-state index contributed by atoms with van der Waals surface area (Å²) in [5.41, 5.74) is -6.95. The van der Waals surface area contributed by atoms with Crippen molar-refractivity contribution in [2.24, 2.45) is 20.5 Å². The van der Waals surface area contributed by atoms with Gasteiger partial charge in [-0.25, -0.2) is 4.79 Å². The molecule has 0 bridgehead atoms. The van der Waals surface area contributed by atoms with E-state index in [9.17, 15) is 139 Å². The predicted molar refractivity (Wildman–Crippen MR) is 285 cm³/mol. The number of carbonyl (C=O) groups excluding carboxylic acids is 1. The largest absolute Gasteiger partial charge is 0.507 e. The average molecular weight is 1360 g/mol. The smallest absolute Gasteiger partial charge is 0.323 e. The van der Waals surface area contributed by atoms with E-state index in [1.165, 1.54) is 0 Å². The van der Waals surface area contributed by atoms with Gasteiger partial charge in [-0.05, 0) is 71.4 Å². The lowest BCUT2D eigenvalue weighted by molar-refractivity contribution is 0.262. The maximum atomic E-state index is 13.6. The molecule has 16 N–H and O–H groups in total. The number of amides is 2. The molecule has 0 aliphatic heterocycles. The Bertz CT molecular complexity index is 5150. The van der Waals surface area contributed by atoms with Gasteiger partial charge in [-0.1, -0.05) is 0 Å². The third kappa shape index (κ3) is 12.1. The van der Waals surface area contributed by atoms with Crippen LogP contribution in [0, 0.1) is 0 Å². The van der Waals surface area contributed by atoms with Gasteiger partial charge >= 0.3 is 6.03 Å². The van der Waals surface area contributed by atoms with Gasteiger partial charge in [-0.2, -0.15) is 67.3 Å². The average Bonchev–Trinajstić information content (AvgIpc) is 0.786. The van der Waals surface area contributed by atoms with Gasteiger partial charge in [0.05, 0.1) is 20.6 Å². The van der Waals surface area contributed by atoms with Gasteiger partial charge in [0.25, 0.3) is 80.9 Å². The van der Waals surface area contributed by atoms with Gasteiger partial charge in [0.2, 0.25) is 0 Å². The second-order valence-corrected chi connectivity index (χ2v) is 28.5. The van der Waals surface area contributed by atoms with Crippen LogP contribution in [0.2, 0.25) is 0 Å². The van der Waals surface area contributed by atoms with Crippen molar-refractivity contribution in [3.63, 3.8) is 0 Å². The second kappa shape index (κ2) is 20.8. The highest BCUT2D eigenvalue weighted by molar-refractivity contribution is 7.88. The van der Waals surface area contributed by atoms with E-state index in [2.05, 4.69) is 20.5 Å². The molecule has 0 saturated carbocycles. The highest BCUT2D eigenvalue weighted by Gasteiger charge is 2.32. The molecule has 0 fully saturated rings. The van der Waals surface area contributed by atoms with E-state index in [-0.39, 0.29) is 24.3 Å². The van der Waals surface area contributed by atoms with Gasteiger partial charge in [-0.15, -0.1) is 20.5 Å². The lowest BCUT2D eigenvalue weighted by Crippen LogP contribution is -2.20. The van der Waals surface area contributed by atoms with Crippen LogP contribution in [0.5, 0.6) is 34.5 Å². The summed E-state index contributed by atoms with van der Waals surface area (Å²) in [5.74, 6) is -8.65. The molecule has 0 radical (unpaired) electrons. The van der Waals surface area contributed by atoms with Crippen molar-refractivity contribution in [2.45, 2.75) is 39.2 Å². The van der Waals surface area contributed by atoms with Crippen LogP contribution < -0.4 is 10.6 Å². The maximum absolute atomic E-state index is 13.6. The van der Waals surface area contributed by atoms with Crippen LogP contribution in [0.15, 0.2) is 132 Å². The van der Waals surface area contributed by atoms with Crippen molar-refractivity contribution in [1.29, 1.82) is 0 Å². The fraction of sp³-hybridized carbons (Fsp3) is 0. The zero-order valence-electron chi connectivity index (χ0n) is 40.7. The first kappa shape index (κ1) is 63.4. The molecule has 0 aliphatic carbocycles. The van der Waals surface area contributed by atoms with Crippen LogP contribution in [0.25, 0.3) is 43.1 Å². The molecule has 2 amide bonds. The summed E-state index contributed by atoms with van der Waals surface area (Å²) in [6.45, 7) is 0. The molecule has 0 saturated heterocycles. The Hall–Kier alpha value is -8.65. The van der Waals surface area contributed by atoms with Crippen molar-refractivity contribution < 1.29 is 139 Å². The van der Waals surface area contributed by atoms with Gasteiger partial charge in [0, 0.05) is 45.1 Å². The number of hydrogen-bond acceptors (Lipinski definition) is 27. The zero-order valence-corrected chi connectivity index (χ0v) is 47.2. The van der Waals surface area contributed by atoms with E-state index in [0.29, 0.717) is 48.5 Å². The van der Waals surface area contributed by atoms with E-state index < -0.39 is 238 Å². The Kier molecular flexibility index (Phi) is 15.3. The molecule has 0 spiro atoms. The third-order valence-electron chi connectivity index (χ3n) is 11.7. The standard InChI is InChI=1S/C41H28N6O31S8/c48-23-9-17(79(55,56)57)1-13-3-29(85(73,74)75)39(52)35(31(13)23)46-44-21-11-25(81(61,62)63)19-5-15(7-27(83(67,68)69)33(19)37(21)50)42-41(54)43-16-6-20-26(82(64,65)66)12-22(38(51)34(20)28(8-16)84(70,71)72)45-47-36-32-14(4-30(40(36)53)86(76,77)78)2-18(10-24(32)49)80(58,59)60/h1-12,48-53H,(H2,42,43,54)(H,55,56,57)(H,58,59,60)(H,61,62,63)(H,64,65,66)(H,67,68,69)(H,70,71,72)(H,73,74,75)(H,76,77,78). The molecule has 86 heavy (non-hydrogen) atoms. The number of urea groups is 1. The van der Waals surface area contributed by atoms with E-state index in [1.54, 1.807) is 0 Å². The highest BCUT2D eigenvalue weighted by atomic mass is 32.2. The number of rotatable bonds is 14. The summed E-state index contributed by atoms with van der Waals surface area (Å²) >= 11 is 0. The molecule has 37 nitrogen and oxygen atoms in total. The number of hydrogen-bond donors (Lipinski definition) is 16. The Labute approximate surface area is 478 Å². The van der Waals surface area contributed by atoms with Crippen LogP contribution >= 0.6 is 0 Å². The fourth-order valence-corrected chi connectivity index (χ4v) is 13.5. The number of aromatic hydroxyl groups is 6. The van der Waals surface area contributed by atoms with Gasteiger partial charge in [0.1, 0.15) is 63.6 Å². The number of nitrogens with zero attached hydrogens (tertiary/aromatic N) is 4. The Morgan fingerprint density at radius 2 is 0.616 bits per heavy atom. The second-order valence-electron chi connectivity index (χ2n) is 17.3. The SMILES string of the molecule is O=C(Nc1cc(S(=O)(=O)O)c2c(O)c(N=Nc3c(O)c(S(=O)(=O)O)cc4cc(S(=O)(=O)O)cc(O)c34)cc(S(=O)(=O)O)c2c1)Nc1cc(S(=O)(=O)O)c2c(O)c(N=Nc3c(O)c(S(=O)(=O)O)cc4cc(S(=O)(=O)O)cc(O)c34)cc(S(=O)(=O)O)c2c1. The minimum absolute atomic E-state index is 0.194. The zero-order chi connectivity index (χ0) is 64.5. The van der Waals surface area contributed by atoms with Crippen molar-refractivity contribution in [3.05, 3.63) is 72.8 Å². The van der Waals surface area contributed by atoms with Crippen molar-refractivity contribution in [1.82, 2.24) is 0 Å². The minimum atomic E-state index is -5.83. The Balaban J connectivity index is 1.25. The van der Waals surface area contributed by atoms with Gasteiger partial charge in [-0.3, -0.25) is 36.4 Å². The summed E-state index contributed by atoms with van der Waals surface area (Å²) in [6.07, 6.45) is 0. The lowest BCUT2D eigenvalue weighted by atomic mass is 10.1. The number of phenolic OH excluding ortho intramolecular Hbond substituents is 6. The van der Waals surface area contributed by atoms with Crippen molar-refractivity contribution in [2.75, 3.05) is 10.6 Å². The maximum Gasteiger partial charge on any atom is 0.323 e. The molecule has 45 heteroatoms. The molecular formula is C41H28N6O31S8. The van der Waals surface area contributed by atoms with E-state index in [4.69, 9.17) is 0 Å². The number of phenols is 6. The van der Waals surface area contributed by atoms with E-state index in [1.807, 2.05) is 10.6 Å². The number of benzene rings is 8. The molecule has 0 atom stereocenters. The fourth-order valence-electron chi connectivity index (χ4n) is 8.30. The molecule has 8 aromatic rings. The summed E-state index contributed by atoms with van der Waals surface area (Å²) in [7, 11) is -44.6. The van der Waals surface area contributed by atoms with Gasteiger partial charge in [0.15, 0.2) is 23.0 Å². The molecular weight excluding hydrogens is 1330 g/mol. The normalized spacial score (nSPS) is 13.4. The minimum Gasteiger partial charge on any atom is -0.507 e. The van der Waals surface area contributed by atoms with E-state index >= 15 is 0 Å². The Morgan fingerprint density at radius 1 is 0.314 bits per heavy atom. The van der Waals surface area contributed by atoms with E-state index in [0.717, 1.165) is 0 Å². The van der Waals surface area contributed by atoms with Crippen LogP contribution in [-0.2, 0) is 80.9 Å². The number of anilines is 2. The molecule has 0 aliphatic rings. The molecule has 0 heterocycles. The Morgan fingerprint density at radius 3 is 0.895 bits per heavy atom. The van der Waals surface area contributed by atoms with Gasteiger partial charge < -0.3 is 41.3 Å².